The van der Waals surface area contributed by atoms with Crippen molar-refractivity contribution in [3.63, 3.8) is 0 Å². The first kappa shape index (κ1) is 28.1. The van der Waals surface area contributed by atoms with Crippen molar-refractivity contribution < 1.29 is 18.3 Å². The van der Waals surface area contributed by atoms with Gasteiger partial charge in [0, 0.05) is 82.2 Å². The van der Waals surface area contributed by atoms with E-state index in [0.717, 1.165) is 47.6 Å². The highest BCUT2D eigenvalue weighted by Gasteiger charge is 2.35. The van der Waals surface area contributed by atoms with Crippen LogP contribution in [0, 0.1) is 5.92 Å². The third-order valence-corrected chi connectivity index (χ3v) is 8.23. The van der Waals surface area contributed by atoms with Gasteiger partial charge in [-0.3, -0.25) is 9.69 Å². The molecule has 1 saturated heterocycles. The van der Waals surface area contributed by atoms with Gasteiger partial charge in [-0.05, 0) is 60.9 Å². The van der Waals surface area contributed by atoms with Crippen molar-refractivity contribution in [3.05, 3.63) is 46.3 Å². The lowest BCUT2D eigenvalue weighted by Crippen LogP contribution is -2.42. The van der Waals surface area contributed by atoms with Crippen molar-refractivity contribution in [3.8, 4) is 0 Å². The van der Waals surface area contributed by atoms with E-state index in [1.165, 1.54) is 5.01 Å². The molecule has 216 valence electrons. The number of benzene rings is 1. The Hall–Kier alpha value is -3.47. The van der Waals surface area contributed by atoms with E-state index in [-0.39, 0.29) is 23.6 Å². The molecule has 3 aliphatic heterocycles. The Labute approximate surface area is 234 Å². The number of urea groups is 1. The molecule has 1 atom stereocenters. The van der Waals surface area contributed by atoms with Gasteiger partial charge in [-0.15, -0.1) is 0 Å². The minimum Gasteiger partial charge on any atom is -0.381 e. The second-order valence-corrected chi connectivity index (χ2v) is 11.1. The molecule has 1 aromatic carbocycles. The molecule has 11 heteroatoms. The number of hydrogen-bond acceptors (Lipinski definition) is 6. The zero-order valence-electron chi connectivity index (χ0n) is 23.8. The van der Waals surface area contributed by atoms with Gasteiger partial charge >= 0.3 is 6.03 Å². The summed E-state index contributed by atoms with van der Waals surface area (Å²) >= 11 is 0. The van der Waals surface area contributed by atoms with E-state index in [4.69, 9.17) is 9.84 Å². The van der Waals surface area contributed by atoms with Crippen LogP contribution in [0.2, 0.25) is 0 Å². The highest BCUT2D eigenvalue weighted by Crippen LogP contribution is 2.43. The summed E-state index contributed by atoms with van der Waals surface area (Å²) in [7, 11) is 3.36. The van der Waals surface area contributed by atoms with Gasteiger partial charge < -0.3 is 19.9 Å². The van der Waals surface area contributed by atoms with Crippen LogP contribution < -0.4 is 10.2 Å². The van der Waals surface area contributed by atoms with Crippen LogP contribution >= 0.6 is 0 Å². The number of carbonyl (C=O) groups excluding carboxylic acids is 1. The molecule has 0 saturated carbocycles. The normalized spacial score (nSPS) is 19.9. The maximum absolute atomic E-state index is 14.5. The summed E-state index contributed by atoms with van der Waals surface area (Å²) in [4.78, 5) is 16.5. The minimum absolute atomic E-state index is 0.0192. The van der Waals surface area contributed by atoms with Crippen molar-refractivity contribution in [1.29, 1.82) is 0 Å². The van der Waals surface area contributed by atoms with Gasteiger partial charge in [-0.1, -0.05) is 6.92 Å². The monoisotopic (exact) mass is 555 g/mol. The molecule has 1 N–H and O–H groups in total. The van der Waals surface area contributed by atoms with Crippen molar-refractivity contribution in [2.45, 2.75) is 58.5 Å². The predicted molar refractivity (Wildman–Crippen MR) is 152 cm³/mol. The third-order valence-electron chi connectivity index (χ3n) is 8.23. The first-order chi connectivity index (χ1) is 19.2. The van der Waals surface area contributed by atoms with Crippen LogP contribution in [0.15, 0.2) is 23.4 Å². The highest BCUT2D eigenvalue weighted by molar-refractivity contribution is 5.77. The summed E-state index contributed by atoms with van der Waals surface area (Å²) in [5.41, 5.74) is 5.09. The quantitative estimate of drug-likeness (QED) is 0.396. The van der Waals surface area contributed by atoms with E-state index in [9.17, 15) is 13.6 Å². The Morgan fingerprint density at radius 3 is 2.75 bits per heavy atom. The number of anilines is 2. The van der Waals surface area contributed by atoms with Gasteiger partial charge in [0.25, 0.3) is 6.43 Å². The molecule has 3 aliphatic rings. The molecular weight excluding hydrogens is 516 g/mol. The zero-order valence-corrected chi connectivity index (χ0v) is 23.8. The Balaban J connectivity index is 1.64. The number of ether oxygens (including phenoxy) is 1. The Morgan fingerprint density at radius 2 is 2.08 bits per heavy atom. The van der Waals surface area contributed by atoms with E-state index in [1.807, 2.05) is 13.0 Å². The summed E-state index contributed by atoms with van der Waals surface area (Å²) in [5, 5.41) is 13.3. The van der Waals surface area contributed by atoms with Crippen molar-refractivity contribution >= 4 is 29.8 Å². The SMILES string of the molecule is C=NN(C)/C=C(\C)c1cc2c(cc1C(F)F)N(c1nn(C3CCOCC3)c3c1CN(C(=O)NC)CC3)C[C@H](C)C2. The number of fused-ring (bicyclic) bond motifs is 2. The number of allylic oxidation sites excluding steroid dienone is 1. The van der Waals surface area contributed by atoms with Gasteiger partial charge in [0.1, 0.15) is 0 Å². The number of hydrogen-bond donors (Lipinski definition) is 1. The van der Waals surface area contributed by atoms with Gasteiger partial charge in [-0.25, -0.2) is 13.6 Å². The molecule has 0 aliphatic carbocycles. The topological polar surface area (TPSA) is 78.2 Å². The second kappa shape index (κ2) is 11.6. The molecular formula is C29H39F2N7O2. The number of nitrogens with one attached hydrogen (secondary N) is 1. The van der Waals surface area contributed by atoms with Gasteiger partial charge in [0.15, 0.2) is 5.82 Å². The van der Waals surface area contributed by atoms with Crippen LogP contribution in [0.3, 0.4) is 0 Å². The van der Waals surface area contributed by atoms with E-state index >= 15 is 0 Å². The van der Waals surface area contributed by atoms with E-state index in [1.54, 1.807) is 31.3 Å². The number of halogens is 2. The van der Waals surface area contributed by atoms with Crippen molar-refractivity contribution in [1.82, 2.24) is 25.0 Å². The average Bonchev–Trinajstić information content (AvgIpc) is 3.34. The van der Waals surface area contributed by atoms with Gasteiger partial charge in [0.2, 0.25) is 0 Å². The fourth-order valence-corrected chi connectivity index (χ4v) is 6.24. The maximum Gasteiger partial charge on any atom is 0.317 e. The third kappa shape index (κ3) is 5.31. The fraction of sp³-hybridized carbons (Fsp3) is 0.552. The molecule has 2 aromatic rings. The lowest BCUT2D eigenvalue weighted by molar-refractivity contribution is 0.0651. The summed E-state index contributed by atoms with van der Waals surface area (Å²) < 4.78 is 36.8. The summed E-state index contributed by atoms with van der Waals surface area (Å²) in [6.45, 7) is 10.6. The molecule has 0 radical (unpaired) electrons. The lowest BCUT2D eigenvalue weighted by atomic mass is 9.88. The Morgan fingerprint density at radius 1 is 1.32 bits per heavy atom. The number of nitrogens with zero attached hydrogens (tertiary/aromatic N) is 6. The number of aromatic nitrogens is 2. The summed E-state index contributed by atoms with van der Waals surface area (Å²) in [6, 6.07) is 3.63. The predicted octanol–water partition coefficient (Wildman–Crippen LogP) is 5.11. The second-order valence-electron chi connectivity index (χ2n) is 11.1. The van der Waals surface area contributed by atoms with Gasteiger partial charge in [-0.2, -0.15) is 10.2 Å². The molecule has 1 fully saturated rings. The number of carbonyl (C=O) groups is 1. The van der Waals surface area contributed by atoms with Crippen LogP contribution in [-0.4, -0.2) is 72.8 Å². The number of alkyl halides is 2. The van der Waals surface area contributed by atoms with Crippen LogP contribution in [0.25, 0.3) is 5.57 Å². The van der Waals surface area contributed by atoms with Crippen LogP contribution in [-0.2, 0) is 24.1 Å². The molecule has 5 rings (SSSR count). The van der Waals surface area contributed by atoms with E-state index in [0.29, 0.717) is 50.4 Å². The summed E-state index contributed by atoms with van der Waals surface area (Å²) in [5.74, 6) is 1.04. The highest BCUT2D eigenvalue weighted by atomic mass is 19.3. The van der Waals surface area contributed by atoms with E-state index in [2.05, 4.69) is 33.6 Å². The van der Waals surface area contributed by atoms with Crippen molar-refractivity contribution in [2.24, 2.45) is 11.0 Å². The minimum atomic E-state index is -2.65. The fourth-order valence-electron chi connectivity index (χ4n) is 6.24. The zero-order chi connectivity index (χ0) is 28.6. The molecule has 0 spiro atoms. The number of amides is 2. The molecule has 0 unspecified atom stereocenters. The van der Waals surface area contributed by atoms with Crippen LogP contribution in [0.4, 0.5) is 25.1 Å². The van der Waals surface area contributed by atoms with E-state index < -0.39 is 6.43 Å². The van der Waals surface area contributed by atoms with Crippen LogP contribution in [0.5, 0.6) is 0 Å². The van der Waals surface area contributed by atoms with Crippen molar-refractivity contribution in [2.75, 3.05) is 45.3 Å². The maximum atomic E-state index is 14.5. The van der Waals surface area contributed by atoms with Gasteiger partial charge in [0.05, 0.1) is 12.6 Å². The molecule has 1 aromatic heterocycles. The lowest BCUT2D eigenvalue weighted by Gasteiger charge is -2.36. The first-order valence-electron chi connectivity index (χ1n) is 14.0. The summed E-state index contributed by atoms with van der Waals surface area (Å²) in [6.07, 6.45) is 2.28. The Bertz CT molecular complexity index is 1300. The molecule has 4 heterocycles. The number of hydrazone groups is 1. The largest absolute Gasteiger partial charge is 0.381 e. The molecule has 0 bridgehead atoms. The van der Waals surface area contributed by atoms with Crippen LogP contribution in [0.1, 0.15) is 67.1 Å². The average molecular weight is 556 g/mol. The standard InChI is InChI=1S/C29H39F2N7O2/c1-18-12-20-13-22(19(2)16-35(5)33-4)23(27(30)31)14-26(20)37(15-18)28-24-17-36(29(39)32-3)9-6-25(24)38(34-28)21-7-10-40-11-8-21/h13-14,16,18,21,27H,4,6-12,15,17H2,1-3,5H3,(H,32,39)/b19-16+/t18-/m1/s1. The smallest absolute Gasteiger partial charge is 0.317 e. The molecule has 40 heavy (non-hydrogen) atoms. The molecule has 9 nitrogen and oxygen atoms in total. The molecule has 2 amide bonds. The number of rotatable bonds is 6. The Kier molecular flexibility index (Phi) is 8.11. The first-order valence-corrected chi connectivity index (χ1v) is 14.0.